The molecule has 7 nitrogen and oxygen atoms in total. The number of carbonyl (C=O) groups is 1. The van der Waals surface area contributed by atoms with Crippen LogP contribution in [-0.2, 0) is 4.74 Å². The molecule has 0 aliphatic heterocycles. The van der Waals surface area contributed by atoms with Crippen molar-refractivity contribution in [1.29, 1.82) is 0 Å². The van der Waals surface area contributed by atoms with Crippen LogP contribution in [0, 0.1) is 0 Å². The molecule has 1 amide bonds. The van der Waals surface area contributed by atoms with Gasteiger partial charge in [0.2, 0.25) is 5.95 Å². The highest BCUT2D eigenvalue weighted by Crippen LogP contribution is 2.26. The molecule has 4 N–H and O–H groups in total. The van der Waals surface area contributed by atoms with Gasteiger partial charge in [-0.05, 0) is 24.3 Å². The van der Waals surface area contributed by atoms with Gasteiger partial charge in [-0.1, -0.05) is 6.07 Å². The first-order valence-corrected chi connectivity index (χ1v) is 6.52. The molecule has 7 heteroatoms. The van der Waals surface area contributed by atoms with Crippen LogP contribution in [0.4, 0.5) is 16.4 Å². The van der Waals surface area contributed by atoms with Crippen LogP contribution in [0.25, 0.3) is 11.0 Å². The number of imidazole rings is 1. The van der Waals surface area contributed by atoms with Gasteiger partial charge in [-0.2, -0.15) is 0 Å². The molecule has 1 heterocycles. The lowest BCUT2D eigenvalue weighted by Crippen LogP contribution is -2.11. The highest BCUT2D eigenvalue weighted by Gasteiger charge is 2.08. The van der Waals surface area contributed by atoms with Gasteiger partial charge in [0, 0.05) is 17.8 Å². The molecule has 3 rings (SSSR count). The van der Waals surface area contributed by atoms with Gasteiger partial charge >= 0.3 is 6.09 Å². The molecule has 0 aliphatic carbocycles. The molecule has 0 aliphatic rings. The summed E-state index contributed by atoms with van der Waals surface area (Å²) >= 11 is 0. The van der Waals surface area contributed by atoms with Gasteiger partial charge in [0.05, 0.1) is 18.1 Å². The molecular weight excluding hydrogens is 284 g/mol. The van der Waals surface area contributed by atoms with E-state index in [4.69, 9.17) is 10.5 Å². The molecule has 0 atom stereocenters. The first-order chi connectivity index (χ1) is 10.6. The van der Waals surface area contributed by atoms with Crippen molar-refractivity contribution in [2.75, 3.05) is 18.2 Å². The monoisotopic (exact) mass is 298 g/mol. The minimum Gasteiger partial charge on any atom is -0.457 e. The number of nitrogens with one attached hydrogen (secondary N) is 2. The van der Waals surface area contributed by atoms with Crippen LogP contribution in [0.1, 0.15) is 0 Å². The predicted octanol–water partition coefficient (Wildman–Crippen LogP) is 3.12. The zero-order chi connectivity index (χ0) is 15.5. The summed E-state index contributed by atoms with van der Waals surface area (Å²) in [5.74, 6) is 1.58. The summed E-state index contributed by atoms with van der Waals surface area (Å²) in [7, 11) is 1.29. The van der Waals surface area contributed by atoms with Gasteiger partial charge in [-0.25, -0.2) is 9.78 Å². The summed E-state index contributed by atoms with van der Waals surface area (Å²) in [6, 6.07) is 12.5. The fourth-order valence-corrected chi connectivity index (χ4v) is 1.97. The van der Waals surface area contributed by atoms with Gasteiger partial charge in [0.15, 0.2) is 0 Å². The maximum atomic E-state index is 11.2. The van der Waals surface area contributed by atoms with Crippen LogP contribution in [0.15, 0.2) is 42.5 Å². The number of ether oxygens (including phenoxy) is 2. The number of nitrogen functional groups attached to an aromatic ring is 1. The minimum atomic E-state index is -0.588. The Kier molecular flexibility index (Phi) is 3.53. The Bertz CT molecular complexity index is 829. The van der Waals surface area contributed by atoms with E-state index < -0.39 is 6.09 Å². The molecule has 0 fully saturated rings. The van der Waals surface area contributed by atoms with Crippen LogP contribution in [0.3, 0.4) is 0 Å². The van der Waals surface area contributed by atoms with Crippen molar-refractivity contribution in [3.8, 4) is 11.5 Å². The molecule has 0 unspecified atom stereocenters. The predicted molar refractivity (Wildman–Crippen MR) is 83.0 cm³/mol. The zero-order valence-corrected chi connectivity index (χ0v) is 11.8. The van der Waals surface area contributed by atoms with Crippen molar-refractivity contribution in [2.24, 2.45) is 0 Å². The Labute approximate surface area is 126 Å². The lowest BCUT2D eigenvalue weighted by Gasteiger charge is -2.05. The number of hydrogen-bond donors (Lipinski definition) is 3. The quantitative estimate of drug-likeness (QED) is 0.645. The number of benzene rings is 2. The highest BCUT2D eigenvalue weighted by atomic mass is 16.5. The number of amides is 1. The maximum Gasteiger partial charge on any atom is 0.413 e. The van der Waals surface area contributed by atoms with Crippen LogP contribution < -0.4 is 15.8 Å². The van der Waals surface area contributed by atoms with Gasteiger partial charge in [-0.15, -0.1) is 0 Å². The standard InChI is InChI=1S/C15H14N4O3/c1-21-15(20)19-14-17-12-6-5-11(8-13(12)18-14)22-10-4-2-3-9(16)7-10/h2-8H,16H2,1H3,(H2,17,18,19,20). The molecule has 22 heavy (non-hydrogen) atoms. The van der Waals surface area contributed by atoms with Crippen LogP contribution in [0.2, 0.25) is 0 Å². The van der Waals surface area contributed by atoms with E-state index in [1.165, 1.54) is 7.11 Å². The topological polar surface area (TPSA) is 102 Å². The lowest BCUT2D eigenvalue weighted by molar-refractivity contribution is 0.186. The smallest absolute Gasteiger partial charge is 0.413 e. The number of H-pyrrole nitrogens is 1. The zero-order valence-electron chi connectivity index (χ0n) is 11.8. The number of rotatable bonds is 3. The summed E-state index contributed by atoms with van der Waals surface area (Å²) in [6.45, 7) is 0. The molecule has 3 aromatic rings. The van der Waals surface area contributed by atoms with Crippen molar-refractivity contribution in [1.82, 2.24) is 9.97 Å². The highest BCUT2D eigenvalue weighted by molar-refractivity contribution is 5.86. The molecule has 0 radical (unpaired) electrons. The van der Waals surface area contributed by atoms with E-state index in [-0.39, 0.29) is 0 Å². The number of carbonyl (C=O) groups excluding carboxylic acids is 1. The second-order valence-corrected chi connectivity index (χ2v) is 4.56. The van der Waals surface area contributed by atoms with Crippen LogP contribution >= 0.6 is 0 Å². The molecule has 0 spiro atoms. The van der Waals surface area contributed by atoms with Crippen LogP contribution in [-0.4, -0.2) is 23.2 Å². The van der Waals surface area contributed by atoms with Gasteiger partial charge in [-0.3, -0.25) is 5.32 Å². The number of hydrogen-bond acceptors (Lipinski definition) is 5. The second kappa shape index (κ2) is 5.65. The Balaban J connectivity index is 1.84. The molecular formula is C15H14N4O3. The molecule has 0 saturated heterocycles. The number of aromatic nitrogens is 2. The average molecular weight is 298 g/mol. The maximum absolute atomic E-state index is 11.2. The first-order valence-electron chi connectivity index (χ1n) is 6.52. The lowest BCUT2D eigenvalue weighted by atomic mass is 10.3. The number of aromatic amines is 1. The molecule has 1 aromatic heterocycles. The van der Waals surface area contributed by atoms with Crippen molar-refractivity contribution in [3.05, 3.63) is 42.5 Å². The van der Waals surface area contributed by atoms with Gasteiger partial charge in [0.1, 0.15) is 11.5 Å². The fourth-order valence-electron chi connectivity index (χ4n) is 1.97. The third-order valence-electron chi connectivity index (χ3n) is 2.95. The normalized spacial score (nSPS) is 10.4. The summed E-state index contributed by atoms with van der Waals surface area (Å²) in [4.78, 5) is 18.4. The van der Waals surface area contributed by atoms with Crippen LogP contribution in [0.5, 0.6) is 11.5 Å². The number of fused-ring (bicyclic) bond motifs is 1. The summed E-state index contributed by atoms with van der Waals surface area (Å²) < 4.78 is 10.3. The van der Waals surface area contributed by atoms with Crippen molar-refractivity contribution in [2.45, 2.75) is 0 Å². The third kappa shape index (κ3) is 2.93. The molecule has 112 valence electrons. The summed E-state index contributed by atoms with van der Waals surface area (Å²) in [6.07, 6.45) is -0.588. The second-order valence-electron chi connectivity index (χ2n) is 4.56. The average Bonchev–Trinajstić information content (AvgIpc) is 2.88. The number of nitrogens with two attached hydrogens (primary N) is 1. The largest absolute Gasteiger partial charge is 0.457 e. The molecule has 0 bridgehead atoms. The van der Waals surface area contributed by atoms with E-state index in [0.29, 0.717) is 28.7 Å². The Morgan fingerprint density at radius 3 is 2.82 bits per heavy atom. The fraction of sp³-hybridized carbons (Fsp3) is 0.0667. The Hall–Kier alpha value is -3.22. The Morgan fingerprint density at radius 1 is 1.23 bits per heavy atom. The van der Waals surface area contributed by atoms with E-state index in [1.807, 2.05) is 12.1 Å². The SMILES string of the molecule is COC(=O)Nc1nc2ccc(Oc3cccc(N)c3)cc2[nH]1. The minimum absolute atomic E-state index is 0.308. The number of anilines is 2. The van der Waals surface area contributed by atoms with Crippen molar-refractivity contribution in [3.63, 3.8) is 0 Å². The summed E-state index contributed by atoms with van der Waals surface area (Å²) in [5.41, 5.74) is 7.78. The van der Waals surface area contributed by atoms with E-state index in [1.54, 1.807) is 30.3 Å². The van der Waals surface area contributed by atoms with E-state index in [0.717, 1.165) is 5.52 Å². The van der Waals surface area contributed by atoms with Crippen molar-refractivity contribution >= 4 is 28.8 Å². The molecule has 0 saturated carbocycles. The van der Waals surface area contributed by atoms with E-state index >= 15 is 0 Å². The van der Waals surface area contributed by atoms with E-state index in [9.17, 15) is 4.79 Å². The molecule has 2 aromatic carbocycles. The first kappa shape index (κ1) is 13.7. The van der Waals surface area contributed by atoms with E-state index in [2.05, 4.69) is 20.0 Å². The van der Waals surface area contributed by atoms with Crippen molar-refractivity contribution < 1.29 is 14.3 Å². The van der Waals surface area contributed by atoms with Gasteiger partial charge in [0.25, 0.3) is 0 Å². The van der Waals surface area contributed by atoms with Gasteiger partial charge < -0.3 is 20.2 Å². The Morgan fingerprint density at radius 2 is 2.05 bits per heavy atom. The number of nitrogens with zero attached hydrogens (tertiary/aromatic N) is 1. The summed E-state index contributed by atoms with van der Waals surface area (Å²) in [5, 5.41) is 2.47. The third-order valence-corrected chi connectivity index (χ3v) is 2.95. The number of methoxy groups -OCH3 is 1.